The van der Waals surface area contributed by atoms with E-state index in [4.69, 9.17) is 9.79 Å². The second kappa shape index (κ2) is 3.05. The van der Waals surface area contributed by atoms with Gasteiger partial charge in [0.25, 0.3) is 0 Å². The van der Waals surface area contributed by atoms with Gasteiger partial charge in [0.15, 0.2) is 0 Å². The molecule has 1 atom stereocenters. The summed E-state index contributed by atoms with van der Waals surface area (Å²) >= 11 is 0. The van der Waals surface area contributed by atoms with Crippen LogP contribution in [0.15, 0.2) is 0 Å². The summed E-state index contributed by atoms with van der Waals surface area (Å²) in [5.74, 6) is 0. The molecule has 50 valence electrons. The zero-order valence-electron chi connectivity index (χ0n) is 5.07. The van der Waals surface area contributed by atoms with Crippen molar-refractivity contribution in [3.05, 3.63) is 0 Å². The predicted molar refractivity (Wildman–Crippen MR) is 39.4 cm³/mol. The van der Waals surface area contributed by atoms with Crippen LogP contribution in [0.3, 0.4) is 0 Å². The van der Waals surface area contributed by atoms with Crippen LogP contribution in [0, 0.1) is 0 Å². The zero-order chi connectivity index (χ0) is 6.78. The van der Waals surface area contributed by atoms with Crippen molar-refractivity contribution in [2.75, 3.05) is 13.2 Å². The van der Waals surface area contributed by atoms with E-state index in [2.05, 4.69) is 9.39 Å². The smallest absolute Gasteiger partial charge is 0.201 e. The summed E-state index contributed by atoms with van der Waals surface area (Å²) in [5.41, 5.74) is 0. The van der Waals surface area contributed by atoms with E-state index >= 15 is 0 Å². The monoisotopic (exact) mass is 156 g/mol. The molecular weight excluding hydrogens is 144 g/mol. The minimum Gasteiger partial charge on any atom is -0.201 e. The molecule has 0 aromatic heterocycles. The van der Waals surface area contributed by atoms with Gasteiger partial charge in [0.05, 0.1) is 0 Å². The van der Waals surface area contributed by atoms with Crippen molar-refractivity contribution >= 4 is 17.3 Å². The average molecular weight is 156 g/mol. The molecule has 0 aliphatic heterocycles. The second-order valence-corrected chi connectivity index (χ2v) is 5.44. The van der Waals surface area contributed by atoms with Gasteiger partial charge in [-0.1, -0.05) is 0 Å². The first kappa shape index (κ1) is 8.74. The summed E-state index contributed by atoms with van der Waals surface area (Å²) in [5, 5.41) is 0. The Hall–Kier alpha value is 0.740. The third kappa shape index (κ3) is 2.34. The highest BCUT2D eigenvalue weighted by molar-refractivity contribution is 7.66. The molecule has 0 saturated heterocycles. The first-order chi connectivity index (χ1) is 3.50. The second-order valence-electron chi connectivity index (χ2n) is 1.58. The van der Waals surface area contributed by atoms with Gasteiger partial charge in [-0.3, -0.25) is 0 Å². The Labute approximate surface area is 52.5 Å². The topological polar surface area (TPSA) is 43.7 Å². The van der Waals surface area contributed by atoms with Crippen LogP contribution in [0.5, 0.6) is 0 Å². The zero-order valence-corrected chi connectivity index (χ0v) is 7.12. The van der Waals surface area contributed by atoms with Crippen LogP contribution in [-0.2, 0) is 0 Å². The van der Waals surface area contributed by atoms with Gasteiger partial charge in [-0.05, 0) is 16.3 Å². The maximum absolute atomic E-state index is 8.97. The Balaban J connectivity index is 3.71. The van der Waals surface area contributed by atoms with E-state index in [9.17, 15) is 0 Å². The lowest BCUT2D eigenvalue weighted by molar-refractivity contribution is 0.409. The molecule has 0 heterocycles. The number of rotatable bonds is 2. The number of hydrogen-bond acceptors (Lipinski definition) is 3. The summed E-state index contributed by atoms with van der Waals surface area (Å²) in [6.45, 7) is 1.74. The first-order valence-corrected chi connectivity index (χ1v) is 4.68. The van der Waals surface area contributed by atoms with E-state index in [-0.39, 0.29) is 0 Å². The molecular formula is C3H12NO2P2+. The lowest BCUT2D eigenvalue weighted by Crippen LogP contribution is -2.08. The molecule has 0 aliphatic rings. The molecule has 0 bridgehead atoms. The lowest BCUT2D eigenvalue weighted by atomic mass is 11.0. The van der Waals surface area contributed by atoms with Gasteiger partial charge in [-0.15, -0.1) is 4.44 Å². The van der Waals surface area contributed by atoms with E-state index in [1.165, 1.54) is 4.44 Å². The van der Waals surface area contributed by atoms with Gasteiger partial charge < -0.3 is 0 Å². The van der Waals surface area contributed by atoms with E-state index in [0.717, 1.165) is 0 Å². The molecule has 5 heteroatoms. The van der Waals surface area contributed by atoms with E-state index in [0.29, 0.717) is 6.16 Å². The fourth-order valence-corrected chi connectivity index (χ4v) is 1.16. The van der Waals surface area contributed by atoms with Crippen LogP contribution < -0.4 is 0 Å². The quantitative estimate of drug-likeness (QED) is 0.571. The van der Waals surface area contributed by atoms with Crippen molar-refractivity contribution in [1.29, 1.82) is 0 Å². The van der Waals surface area contributed by atoms with Crippen molar-refractivity contribution in [2.45, 2.75) is 6.92 Å². The standard InChI is InChI=1S/C3H12NO2P2/c1-3-8(5,6)4(2)7/h5-6H,3,7H2,1-2H3/q+1. The Kier molecular flexibility index (Phi) is 3.33. The van der Waals surface area contributed by atoms with Crippen molar-refractivity contribution in [3.63, 3.8) is 0 Å². The largest absolute Gasteiger partial charge is 0.344 e. The fraction of sp³-hybridized carbons (Fsp3) is 1.00. The maximum atomic E-state index is 8.97. The van der Waals surface area contributed by atoms with Crippen LogP contribution in [-0.4, -0.2) is 27.4 Å². The van der Waals surface area contributed by atoms with Crippen LogP contribution in [0.2, 0.25) is 0 Å². The lowest BCUT2D eigenvalue weighted by Gasteiger charge is -2.15. The van der Waals surface area contributed by atoms with Crippen molar-refractivity contribution in [1.82, 2.24) is 4.44 Å². The molecule has 0 amide bonds. The Bertz CT molecular complexity index is 75.7. The van der Waals surface area contributed by atoms with Crippen LogP contribution >= 0.6 is 17.3 Å². The minimum absolute atomic E-state index is 0.410. The maximum Gasteiger partial charge on any atom is 0.344 e. The Morgan fingerprint density at radius 3 is 2.00 bits per heavy atom. The van der Waals surface area contributed by atoms with Gasteiger partial charge in [0.1, 0.15) is 6.16 Å². The van der Waals surface area contributed by atoms with E-state index in [1.54, 1.807) is 14.0 Å². The third-order valence-electron chi connectivity index (χ3n) is 0.930. The SMILES string of the molecule is CC[P+](O)(O)N(C)P. The summed E-state index contributed by atoms with van der Waals surface area (Å²) in [6, 6.07) is 0. The molecule has 0 aromatic rings. The molecule has 0 fully saturated rings. The highest BCUT2D eigenvalue weighted by Crippen LogP contribution is 2.53. The van der Waals surface area contributed by atoms with Gasteiger partial charge in [0.2, 0.25) is 0 Å². The molecule has 2 N–H and O–H groups in total. The molecule has 0 saturated carbocycles. The third-order valence-corrected chi connectivity index (χ3v) is 3.90. The van der Waals surface area contributed by atoms with Crippen LogP contribution in [0.4, 0.5) is 0 Å². The highest BCUT2D eigenvalue weighted by atomic mass is 31.2. The number of nitrogens with zero attached hydrogens (tertiary/aromatic N) is 1. The summed E-state index contributed by atoms with van der Waals surface area (Å²) in [7, 11) is 1.16. The average Bonchev–Trinajstić information content (AvgIpc) is 1.67. The van der Waals surface area contributed by atoms with Crippen molar-refractivity contribution in [2.24, 2.45) is 0 Å². The Morgan fingerprint density at radius 1 is 1.62 bits per heavy atom. The highest BCUT2D eigenvalue weighted by Gasteiger charge is 2.33. The normalized spacial score (nSPS) is 12.8. The molecule has 0 aromatic carbocycles. The van der Waals surface area contributed by atoms with Gasteiger partial charge in [0, 0.05) is 7.05 Å². The molecule has 0 spiro atoms. The number of hydrogen-bond donors (Lipinski definition) is 2. The van der Waals surface area contributed by atoms with E-state index < -0.39 is 7.87 Å². The molecule has 1 unspecified atom stereocenters. The fourth-order valence-electron chi connectivity index (χ4n) is 0.223. The van der Waals surface area contributed by atoms with Crippen LogP contribution in [0.25, 0.3) is 0 Å². The molecule has 0 aliphatic carbocycles. The summed E-state index contributed by atoms with van der Waals surface area (Å²) < 4.78 is 1.38. The molecule has 3 nitrogen and oxygen atoms in total. The molecule has 8 heavy (non-hydrogen) atoms. The summed E-state index contributed by atoms with van der Waals surface area (Å²) in [6.07, 6.45) is 0.410. The molecule has 0 radical (unpaired) electrons. The Morgan fingerprint density at radius 2 is 2.00 bits per heavy atom. The van der Waals surface area contributed by atoms with Crippen LogP contribution in [0.1, 0.15) is 6.92 Å². The summed E-state index contributed by atoms with van der Waals surface area (Å²) in [4.78, 5) is 17.9. The van der Waals surface area contributed by atoms with Crippen molar-refractivity contribution in [3.8, 4) is 0 Å². The van der Waals surface area contributed by atoms with Gasteiger partial charge in [-0.25, -0.2) is 9.79 Å². The van der Waals surface area contributed by atoms with Gasteiger partial charge >= 0.3 is 7.87 Å². The minimum atomic E-state index is -2.70. The molecule has 0 rings (SSSR count). The predicted octanol–water partition coefficient (Wildman–Crippen LogP) is 0.475. The van der Waals surface area contributed by atoms with E-state index in [1.807, 2.05) is 0 Å². The van der Waals surface area contributed by atoms with Crippen molar-refractivity contribution < 1.29 is 9.79 Å². The first-order valence-electron chi connectivity index (χ1n) is 2.33. The van der Waals surface area contributed by atoms with Gasteiger partial charge in [-0.2, -0.15) is 0 Å².